The van der Waals surface area contributed by atoms with Crippen molar-refractivity contribution in [3.8, 4) is 11.5 Å². The minimum Gasteiger partial charge on any atom is -0.355 e. The van der Waals surface area contributed by atoms with Gasteiger partial charge in [0.25, 0.3) is 5.89 Å². The summed E-state index contributed by atoms with van der Waals surface area (Å²) in [6.45, 7) is 2.93. The molecule has 138 valence electrons. The number of benzene rings is 1. The van der Waals surface area contributed by atoms with Crippen molar-refractivity contribution >= 4 is 22.5 Å². The molecule has 0 radical (unpaired) electrons. The Morgan fingerprint density at radius 2 is 1.93 bits per heavy atom. The maximum absolute atomic E-state index is 14.5. The van der Waals surface area contributed by atoms with E-state index in [0.717, 1.165) is 29.4 Å². The van der Waals surface area contributed by atoms with Crippen LogP contribution in [0.3, 0.4) is 0 Å². The minimum atomic E-state index is -0.196. The number of ketones is 1. The van der Waals surface area contributed by atoms with Crippen molar-refractivity contribution in [1.82, 2.24) is 15.1 Å². The highest BCUT2D eigenvalue weighted by Gasteiger charge is 2.28. The lowest BCUT2D eigenvalue weighted by atomic mass is 10.0. The molecule has 0 amide bonds. The van der Waals surface area contributed by atoms with Crippen molar-refractivity contribution in [2.45, 2.75) is 38.5 Å². The first-order valence-corrected chi connectivity index (χ1v) is 9.30. The summed E-state index contributed by atoms with van der Waals surface area (Å²) in [7, 11) is 0. The van der Waals surface area contributed by atoms with Gasteiger partial charge in [-0.3, -0.25) is 4.79 Å². The van der Waals surface area contributed by atoms with E-state index in [1.165, 1.54) is 6.07 Å². The van der Waals surface area contributed by atoms with Crippen molar-refractivity contribution in [2.75, 3.05) is 18.0 Å². The number of aromatic nitrogens is 3. The van der Waals surface area contributed by atoms with Crippen LogP contribution in [-0.4, -0.2) is 34.0 Å². The van der Waals surface area contributed by atoms with Crippen LogP contribution in [0.15, 0.2) is 22.7 Å². The first-order chi connectivity index (χ1) is 13.1. The Kier molecular flexibility index (Phi) is 3.70. The molecule has 1 aromatic carbocycles. The molecule has 0 N–H and O–H groups in total. The summed E-state index contributed by atoms with van der Waals surface area (Å²) in [5.74, 6) is 1.98. The lowest BCUT2D eigenvalue weighted by Crippen LogP contribution is -2.34. The summed E-state index contributed by atoms with van der Waals surface area (Å²) < 4.78 is 19.9. The molecular weight excluding hydrogens is 347 g/mol. The number of fused-ring (bicyclic) bond motifs is 1. The smallest absolute Gasteiger partial charge is 0.261 e. The molecule has 7 heteroatoms. The van der Waals surface area contributed by atoms with E-state index in [1.807, 2.05) is 17.0 Å². The molecule has 1 aliphatic carbocycles. The van der Waals surface area contributed by atoms with Gasteiger partial charge >= 0.3 is 0 Å². The van der Waals surface area contributed by atoms with Gasteiger partial charge in [0.2, 0.25) is 0 Å². The summed E-state index contributed by atoms with van der Waals surface area (Å²) in [4.78, 5) is 22.8. The standard InChI is InChI=1S/C20H19FN4O2/c1-11-22-20(27-24-11)16-9-13-8-15(12-2-3-12)17(21)10-18(13)23-19(16)25-6-4-14(26)5-7-25/h8-10,12H,2-7H2,1H3. The monoisotopic (exact) mass is 366 g/mol. The van der Waals surface area contributed by atoms with Gasteiger partial charge in [-0.1, -0.05) is 5.16 Å². The SMILES string of the molecule is Cc1noc(-c2cc3cc(C4CC4)c(F)cc3nc2N2CCC(=O)CC2)n1. The Labute approximate surface area is 155 Å². The van der Waals surface area contributed by atoms with Gasteiger partial charge in [0, 0.05) is 37.4 Å². The van der Waals surface area contributed by atoms with Gasteiger partial charge in [-0.15, -0.1) is 0 Å². The second-order valence-electron chi connectivity index (χ2n) is 7.37. The lowest BCUT2D eigenvalue weighted by Gasteiger charge is -2.28. The van der Waals surface area contributed by atoms with Crippen LogP contribution < -0.4 is 4.90 Å². The zero-order valence-corrected chi connectivity index (χ0v) is 15.0. The molecule has 27 heavy (non-hydrogen) atoms. The number of Topliss-reactive ketones (excluding diaryl/α,β-unsaturated/α-hetero) is 1. The van der Waals surface area contributed by atoms with E-state index in [9.17, 15) is 9.18 Å². The van der Waals surface area contributed by atoms with Crippen molar-refractivity contribution in [1.29, 1.82) is 0 Å². The number of hydrogen-bond donors (Lipinski definition) is 0. The molecule has 3 aromatic rings. The number of carbonyl (C=O) groups is 1. The highest BCUT2D eigenvalue weighted by Crippen LogP contribution is 2.43. The van der Waals surface area contributed by atoms with E-state index < -0.39 is 0 Å². The number of anilines is 1. The fourth-order valence-corrected chi connectivity index (χ4v) is 3.68. The van der Waals surface area contributed by atoms with Crippen LogP contribution in [-0.2, 0) is 4.79 Å². The third kappa shape index (κ3) is 2.97. The maximum atomic E-state index is 14.5. The molecule has 0 unspecified atom stereocenters. The Morgan fingerprint density at radius 1 is 1.15 bits per heavy atom. The van der Waals surface area contributed by atoms with Gasteiger partial charge in [0.15, 0.2) is 5.82 Å². The Morgan fingerprint density at radius 3 is 2.59 bits per heavy atom. The fourth-order valence-electron chi connectivity index (χ4n) is 3.68. The quantitative estimate of drug-likeness (QED) is 0.702. The van der Waals surface area contributed by atoms with Crippen LogP contribution in [0.25, 0.3) is 22.4 Å². The molecule has 1 saturated carbocycles. The van der Waals surface area contributed by atoms with Crippen LogP contribution >= 0.6 is 0 Å². The molecule has 1 saturated heterocycles. The summed E-state index contributed by atoms with van der Waals surface area (Å²) in [6, 6.07) is 5.36. The van der Waals surface area contributed by atoms with Crippen molar-refractivity contribution in [3.63, 3.8) is 0 Å². The van der Waals surface area contributed by atoms with E-state index in [2.05, 4.69) is 10.1 Å². The molecule has 6 nitrogen and oxygen atoms in total. The second-order valence-corrected chi connectivity index (χ2v) is 7.37. The van der Waals surface area contributed by atoms with Gasteiger partial charge < -0.3 is 9.42 Å². The van der Waals surface area contributed by atoms with Crippen LogP contribution in [0, 0.1) is 12.7 Å². The highest BCUT2D eigenvalue weighted by molar-refractivity contribution is 5.89. The Bertz CT molecular complexity index is 1050. The summed E-state index contributed by atoms with van der Waals surface area (Å²) in [5.41, 5.74) is 2.09. The number of nitrogens with zero attached hydrogens (tertiary/aromatic N) is 4. The third-order valence-electron chi connectivity index (χ3n) is 5.31. The fraction of sp³-hybridized carbons (Fsp3) is 0.400. The largest absolute Gasteiger partial charge is 0.355 e. The first kappa shape index (κ1) is 16.4. The summed E-state index contributed by atoms with van der Waals surface area (Å²) in [6.07, 6.45) is 3.03. The zero-order valence-electron chi connectivity index (χ0n) is 15.0. The summed E-state index contributed by atoms with van der Waals surface area (Å²) in [5, 5.41) is 4.76. The van der Waals surface area contributed by atoms with Gasteiger partial charge in [-0.25, -0.2) is 9.37 Å². The molecule has 5 rings (SSSR count). The number of aryl methyl sites for hydroxylation is 1. The van der Waals surface area contributed by atoms with E-state index >= 15 is 0 Å². The van der Waals surface area contributed by atoms with Crippen molar-refractivity contribution in [3.05, 3.63) is 35.4 Å². The minimum absolute atomic E-state index is 0.196. The molecule has 0 spiro atoms. The van der Waals surface area contributed by atoms with Crippen molar-refractivity contribution in [2.24, 2.45) is 0 Å². The number of halogens is 1. The third-order valence-corrected chi connectivity index (χ3v) is 5.31. The van der Waals surface area contributed by atoms with Crippen LogP contribution in [0.2, 0.25) is 0 Å². The molecule has 3 heterocycles. The second kappa shape index (κ2) is 6.11. The molecular formula is C20H19FN4O2. The number of pyridine rings is 1. The predicted molar refractivity (Wildman–Crippen MR) is 98.2 cm³/mol. The molecule has 2 aliphatic rings. The molecule has 0 atom stereocenters. The molecule has 2 fully saturated rings. The maximum Gasteiger partial charge on any atom is 0.261 e. The average molecular weight is 366 g/mol. The Balaban J connectivity index is 1.68. The normalized spacial score (nSPS) is 17.7. The topological polar surface area (TPSA) is 72.1 Å². The van der Waals surface area contributed by atoms with E-state index in [4.69, 9.17) is 9.51 Å². The number of piperidine rings is 1. The van der Waals surface area contributed by atoms with Gasteiger partial charge in [0.05, 0.1) is 11.1 Å². The zero-order chi connectivity index (χ0) is 18.5. The van der Waals surface area contributed by atoms with E-state index in [-0.39, 0.29) is 11.6 Å². The van der Waals surface area contributed by atoms with E-state index in [1.54, 1.807) is 6.92 Å². The first-order valence-electron chi connectivity index (χ1n) is 9.30. The number of hydrogen-bond acceptors (Lipinski definition) is 6. The number of carbonyl (C=O) groups excluding carboxylic acids is 1. The van der Waals surface area contributed by atoms with Gasteiger partial charge in [0.1, 0.15) is 17.4 Å². The van der Waals surface area contributed by atoms with Crippen LogP contribution in [0.1, 0.15) is 43.0 Å². The molecule has 0 bridgehead atoms. The Hall–Kier alpha value is -2.83. The van der Waals surface area contributed by atoms with E-state index in [0.29, 0.717) is 54.9 Å². The van der Waals surface area contributed by atoms with Crippen LogP contribution in [0.5, 0.6) is 0 Å². The van der Waals surface area contributed by atoms with Gasteiger partial charge in [-0.2, -0.15) is 4.98 Å². The van der Waals surface area contributed by atoms with Crippen molar-refractivity contribution < 1.29 is 13.7 Å². The van der Waals surface area contributed by atoms with Crippen LogP contribution in [0.4, 0.5) is 10.2 Å². The van der Waals surface area contributed by atoms with Gasteiger partial charge in [-0.05, 0) is 43.4 Å². The molecule has 1 aliphatic heterocycles. The lowest BCUT2D eigenvalue weighted by molar-refractivity contribution is -0.119. The molecule has 2 aromatic heterocycles. The predicted octanol–water partition coefficient (Wildman–Crippen LogP) is 3.78. The average Bonchev–Trinajstić information content (AvgIpc) is 3.41. The highest BCUT2D eigenvalue weighted by atomic mass is 19.1. The number of rotatable bonds is 3. The summed E-state index contributed by atoms with van der Waals surface area (Å²) >= 11 is 0.